The number of carboxylic acid groups (broad SMARTS) is 1. The fourth-order valence-electron chi connectivity index (χ4n) is 4.33. The number of carboxylic acids is 1. The van der Waals surface area contributed by atoms with Gasteiger partial charge in [0.2, 0.25) is 0 Å². The summed E-state index contributed by atoms with van der Waals surface area (Å²) in [7, 11) is 0. The second-order valence-electron chi connectivity index (χ2n) is 8.68. The minimum atomic E-state index is -0.824. The number of aromatic amines is 1. The molecule has 6 heteroatoms. The molecule has 0 fully saturated rings. The average Bonchev–Trinajstić information content (AvgIpc) is 3.42. The van der Waals surface area contributed by atoms with Gasteiger partial charge in [0.25, 0.3) is 0 Å². The van der Waals surface area contributed by atoms with E-state index < -0.39 is 5.97 Å². The molecule has 6 nitrogen and oxygen atoms in total. The van der Waals surface area contributed by atoms with Gasteiger partial charge < -0.3 is 19.4 Å². The van der Waals surface area contributed by atoms with Crippen LogP contribution in [0.15, 0.2) is 77.3 Å². The predicted octanol–water partition coefficient (Wildman–Crippen LogP) is 5.90. The van der Waals surface area contributed by atoms with Crippen LogP contribution in [-0.4, -0.2) is 27.8 Å². The summed E-state index contributed by atoms with van der Waals surface area (Å²) < 4.78 is 11.4. The van der Waals surface area contributed by atoms with Crippen LogP contribution in [0.25, 0.3) is 21.9 Å². The van der Waals surface area contributed by atoms with Crippen molar-refractivity contribution in [2.45, 2.75) is 32.1 Å². The highest BCUT2D eigenvalue weighted by Gasteiger charge is 2.13. The normalized spacial score (nSPS) is 12.3. The number of aromatic nitrogens is 2. The van der Waals surface area contributed by atoms with Crippen molar-refractivity contribution in [2.24, 2.45) is 0 Å². The number of para-hydroxylation sites is 1. The Hall–Kier alpha value is -4.06. The van der Waals surface area contributed by atoms with Gasteiger partial charge in [0, 0.05) is 29.4 Å². The Morgan fingerprint density at radius 2 is 1.91 bits per heavy atom. The Kier molecular flexibility index (Phi) is 6.04. The van der Waals surface area contributed by atoms with Gasteiger partial charge in [-0.25, -0.2) is 0 Å². The number of nitrogens with zero attached hydrogens (tertiary/aromatic N) is 1. The Morgan fingerprint density at radius 1 is 1.09 bits per heavy atom. The summed E-state index contributed by atoms with van der Waals surface area (Å²) in [5.74, 6) is 0.318. The minimum Gasteiger partial charge on any atom is -0.493 e. The first-order valence-electron chi connectivity index (χ1n) is 11.4. The zero-order chi connectivity index (χ0) is 23.5. The molecule has 0 bridgehead atoms. The molecule has 0 saturated heterocycles. The average molecular weight is 455 g/mol. The molecular formula is C28H26N2O4. The number of ether oxygens (including phenoxy) is 1. The Balaban J connectivity index is 1.16. The van der Waals surface area contributed by atoms with E-state index in [2.05, 4.69) is 35.3 Å². The van der Waals surface area contributed by atoms with Gasteiger partial charge in [0.1, 0.15) is 5.75 Å². The monoisotopic (exact) mass is 454 g/mol. The summed E-state index contributed by atoms with van der Waals surface area (Å²) in [6.45, 7) is 2.74. The van der Waals surface area contributed by atoms with Gasteiger partial charge in [-0.3, -0.25) is 4.79 Å². The van der Waals surface area contributed by atoms with E-state index in [9.17, 15) is 4.79 Å². The topological polar surface area (TPSA) is 88.3 Å². The van der Waals surface area contributed by atoms with Crippen LogP contribution in [0.4, 0.5) is 0 Å². The Bertz CT molecular complexity index is 1430. The number of carbonyl (C=O) groups is 1. The molecule has 0 radical (unpaired) electrons. The molecule has 0 aliphatic rings. The first-order valence-corrected chi connectivity index (χ1v) is 11.4. The first kappa shape index (κ1) is 21.8. The van der Waals surface area contributed by atoms with Crippen molar-refractivity contribution >= 4 is 27.8 Å². The van der Waals surface area contributed by atoms with E-state index in [1.165, 1.54) is 5.56 Å². The lowest BCUT2D eigenvalue weighted by atomic mass is 9.95. The molecular weight excluding hydrogens is 428 g/mol. The number of hydrogen-bond acceptors (Lipinski definition) is 4. The molecule has 2 aromatic heterocycles. The van der Waals surface area contributed by atoms with Crippen molar-refractivity contribution in [1.82, 2.24) is 10.1 Å². The van der Waals surface area contributed by atoms with Crippen molar-refractivity contribution in [1.29, 1.82) is 0 Å². The van der Waals surface area contributed by atoms with Crippen LogP contribution in [0.2, 0.25) is 0 Å². The third-order valence-corrected chi connectivity index (χ3v) is 6.14. The molecule has 172 valence electrons. The van der Waals surface area contributed by atoms with Crippen molar-refractivity contribution in [3.05, 3.63) is 95.3 Å². The van der Waals surface area contributed by atoms with Crippen LogP contribution in [0.5, 0.6) is 5.75 Å². The fourth-order valence-corrected chi connectivity index (χ4v) is 4.33. The number of aliphatic carboxylic acids is 1. The van der Waals surface area contributed by atoms with Crippen LogP contribution < -0.4 is 4.74 Å². The number of fused-ring (bicyclic) bond motifs is 2. The third kappa shape index (κ3) is 4.81. The molecule has 3 aromatic carbocycles. The molecule has 0 aliphatic heterocycles. The molecule has 2 N–H and O–H groups in total. The maximum absolute atomic E-state index is 10.9. The number of rotatable bonds is 9. The largest absolute Gasteiger partial charge is 0.493 e. The van der Waals surface area contributed by atoms with Gasteiger partial charge in [0.15, 0.2) is 5.58 Å². The van der Waals surface area contributed by atoms with E-state index in [0.717, 1.165) is 57.4 Å². The Morgan fingerprint density at radius 3 is 2.74 bits per heavy atom. The van der Waals surface area contributed by atoms with Gasteiger partial charge >= 0.3 is 5.97 Å². The lowest BCUT2D eigenvalue weighted by Gasteiger charge is -2.12. The molecule has 34 heavy (non-hydrogen) atoms. The highest BCUT2D eigenvalue weighted by atomic mass is 16.5. The van der Waals surface area contributed by atoms with Crippen LogP contribution in [0, 0.1) is 0 Å². The maximum Gasteiger partial charge on any atom is 0.307 e. The highest BCUT2D eigenvalue weighted by Crippen LogP contribution is 2.26. The lowest BCUT2D eigenvalue weighted by Crippen LogP contribution is -2.02. The molecule has 0 amide bonds. The van der Waals surface area contributed by atoms with E-state index in [0.29, 0.717) is 12.5 Å². The number of benzene rings is 3. The second kappa shape index (κ2) is 9.43. The summed E-state index contributed by atoms with van der Waals surface area (Å²) in [5.41, 5.74) is 5.90. The van der Waals surface area contributed by atoms with Gasteiger partial charge in [-0.05, 0) is 64.9 Å². The molecule has 2 heterocycles. The van der Waals surface area contributed by atoms with Gasteiger partial charge in [-0.2, -0.15) is 0 Å². The second-order valence-corrected chi connectivity index (χ2v) is 8.68. The van der Waals surface area contributed by atoms with E-state index in [4.69, 9.17) is 14.4 Å². The number of H-pyrrole nitrogens is 1. The molecule has 0 aliphatic carbocycles. The van der Waals surface area contributed by atoms with Crippen molar-refractivity contribution in [2.75, 3.05) is 6.61 Å². The molecule has 0 saturated carbocycles. The lowest BCUT2D eigenvalue weighted by molar-refractivity contribution is -0.136. The molecule has 0 spiro atoms. The van der Waals surface area contributed by atoms with E-state index in [-0.39, 0.29) is 6.42 Å². The van der Waals surface area contributed by atoms with Crippen LogP contribution in [0.3, 0.4) is 0 Å². The first-order chi connectivity index (χ1) is 16.5. The maximum atomic E-state index is 10.9. The quantitative estimate of drug-likeness (QED) is 0.289. The van der Waals surface area contributed by atoms with E-state index in [1.807, 2.05) is 54.6 Å². The zero-order valence-corrected chi connectivity index (χ0v) is 19.0. The van der Waals surface area contributed by atoms with Gasteiger partial charge in [0.05, 0.1) is 18.7 Å². The Labute approximate surface area is 197 Å². The third-order valence-electron chi connectivity index (χ3n) is 6.14. The van der Waals surface area contributed by atoms with E-state index in [1.54, 1.807) is 0 Å². The fraction of sp³-hybridized carbons (Fsp3) is 0.214. The highest BCUT2D eigenvalue weighted by molar-refractivity contribution is 5.82. The smallest absolute Gasteiger partial charge is 0.307 e. The zero-order valence-electron chi connectivity index (χ0n) is 19.0. The summed E-state index contributed by atoms with van der Waals surface area (Å²) in [5, 5.41) is 15.3. The van der Waals surface area contributed by atoms with Crippen LogP contribution in [-0.2, 0) is 24.1 Å². The van der Waals surface area contributed by atoms with Gasteiger partial charge in [-0.15, -0.1) is 0 Å². The molecule has 5 rings (SSSR count). The van der Waals surface area contributed by atoms with Gasteiger partial charge in [-0.1, -0.05) is 42.4 Å². The predicted molar refractivity (Wildman–Crippen MR) is 131 cm³/mol. The minimum absolute atomic E-state index is 0.0311. The van der Waals surface area contributed by atoms with Crippen LogP contribution >= 0.6 is 0 Å². The van der Waals surface area contributed by atoms with Crippen molar-refractivity contribution < 1.29 is 19.2 Å². The summed E-state index contributed by atoms with van der Waals surface area (Å²) in [4.78, 5) is 14.3. The summed E-state index contributed by atoms with van der Waals surface area (Å²) in [6, 6.07) is 23.9. The van der Waals surface area contributed by atoms with Crippen LogP contribution in [0.1, 0.15) is 35.4 Å². The standard InChI is InChI=1S/C28H26N2O4/c1-18(14-26-24-4-2-3-5-27(24)34-30-26)20-7-9-23(10-8-20)33-13-12-22-17-21-15-19(16-28(31)32)6-11-25(21)29-22/h2-11,15,17-18,29H,12-14,16H2,1H3,(H,31,32). The summed E-state index contributed by atoms with van der Waals surface area (Å²) in [6.07, 6.45) is 1.58. The van der Waals surface area contributed by atoms with E-state index >= 15 is 0 Å². The van der Waals surface area contributed by atoms with Crippen molar-refractivity contribution in [3.63, 3.8) is 0 Å². The van der Waals surface area contributed by atoms with Crippen molar-refractivity contribution in [3.8, 4) is 5.75 Å². The molecule has 1 unspecified atom stereocenters. The SMILES string of the molecule is CC(Cc1noc2ccccc12)c1ccc(OCCc2cc3cc(CC(=O)O)ccc3[nH]2)cc1. The number of nitrogens with one attached hydrogen (secondary N) is 1. The number of hydrogen-bond donors (Lipinski definition) is 2. The molecule has 1 atom stereocenters. The summed E-state index contributed by atoms with van der Waals surface area (Å²) >= 11 is 0. The molecule has 5 aromatic rings.